The van der Waals surface area contributed by atoms with Crippen LogP contribution in [-0.4, -0.2) is 11.5 Å². The van der Waals surface area contributed by atoms with E-state index in [-0.39, 0.29) is 5.82 Å². The van der Waals surface area contributed by atoms with E-state index in [0.717, 1.165) is 26.7 Å². The van der Waals surface area contributed by atoms with Crippen molar-refractivity contribution in [3.8, 4) is 0 Å². The number of benzene rings is 1. The van der Waals surface area contributed by atoms with Crippen molar-refractivity contribution in [2.24, 2.45) is 0 Å². The Morgan fingerprint density at radius 3 is 2.94 bits per heavy atom. The summed E-state index contributed by atoms with van der Waals surface area (Å²) >= 11 is 2.07. The summed E-state index contributed by atoms with van der Waals surface area (Å²) in [5.41, 5.74) is 7.89. The topological polar surface area (TPSA) is 50.9 Å². The van der Waals surface area contributed by atoms with Crippen molar-refractivity contribution in [2.75, 3.05) is 17.6 Å². The molecule has 3 N–H and O–H groups in total. The summed E-state index contributed by atoms with van der Waals surface area (Å²) in [6, 6.07) is 2.92. The van der Waals surface area contributed by atoms with Crippen LogP contribution in [0.5, 0.6) is 0 Å². The lowest BCUT2D eigenvalue weighted by Gasteiger charge is -2.11. The van der Waals surface area contributed by atoms with Gasteiger partial charge in [-0.15, -0.1) is 0 Å². The molecule has 0 spiro atoms. The third-order valence-corrected chi connectivity index (χ3v) is 3.09. The quantitative estimate of drug-likeness (QED) is 0.832. The highest BCUT2D eigenvalue weighted by atomic mass is 127. The lowest BCUT2D eigenvalue weighted by Crippen LogP contribution is -2.03. The molecular formula is C11H11FIN3. The normalized spacial score (nSPS) is 10.7. The molecule has 1 heterocycles. The van der Waals surface area contributed by atoms with E-state index < -0.39 is 0 Å². The molecule has 0 bridgehead atoms. The van der Waals surface area contributed by atoms with Gasteiger partial charge in [0.25, 0.3) is 0 Å². The number of nitrogen functional groups attached to an aromatic ring is 1. The molecule has 0 saturated carbocycles. The maximum atomic E-state index is 13.3. The molecule has 0 radical (unpaired) electrons. The standard InChI is InChI=1S/C11H11FIN3/c1-2-15-11-7-3-6(12)4-8(13)10(7)16-5-9(11)14/h3-5H,2,14H2,1H3,(H,15,16). The molecule has 0 aliphatic rings. The molecule has 0 fully saturated rings. The van der Waals surface area contributed by atoms with Crippen molar-refractivity contribution >= 4 is 44.9 Å². The van der Waals surface area contributed by atoms with E-state index in [1.165, 1.54) is 12.1 Å². The van der Waals surface area contributed by atoms with Gasteiger partial charge in [-0.1, -0.05) is 0 Å². The van der Waals surface area contributed by atoms with Crippen molar-refractivity contribution in [1.82, 2.24) is 4.98 Å². The molecule has 1 aromatic carbocycles. The number of nitrogens with two attached hydrogens (primary N) is 1. The average molecular weight is 331 g/mol. The first-order valence-corrected chi connectivity index (χ1v) is 5.98. The number of hydrogen-bond acceptors (Lipinski definition) is 3. The number of rotatable bonds is 2. The summed E-state index contributed by atoms with van der Waals surface area (Å²) < 4.78 is 14.1. The second kappa shape index (κ2) is 4.40. The predicted octanol–water partition coefficient (Wildman–Crippen LogP) is 2.99. The fourth-order valence-corrected chi connectivity index (χ4v) is 2.34. The molecule has 2 aromatic rings. The molecule has 3 nitrogen and oxygen atoms in total. The third kappa shape index (κ3) is 1.91. The summed E-state index contributed by atoms with van der Waals surface area (Å²) in [6.07, 6.45) is 1.60. The first-order valence-electron chi connectivity index (χ1n) is 4.90. The molecule has 84 valence electrons. The van der Waals surface area contributed by atoms with Gasteiger partial charge in [0.05, 0.1) is 23.1 Å². The van der Waals surface area contributed by atoms with E-state index in [9.17, 15) is 4.39 Å². The van der Waals surface area contributed by atoms with Gasteiger partial charge < -0.3 is 11.1 Å². The Balaban J connectivity index is 2.80. The fraction of sp³-hybridized carbons (Fsp3) is 0.182. The van der Waals surface area contributed by atoms with Crippen LogP contribution in [0.3, 0.4) is 0 Å². The summed E-state index contributed by atoms with van der Waals surface area (Å²) in [5, 5.41) is 3.87. The molecule has 0 atom stereocenters. The highest BCUT2D eigenvalue weighted by Crippen LogP contribution is 2.30. The number of pyridine rings is 1. The van der Waals surface area contributed by atoms with Crippen LogP contribution >= 0.6 is 22.6 Å². The fourth-order valence-electron chi connectivity index (χ4n) is 1.62. The van der Waals surface area contributed by atoms with Gasteiger partial charge in [-0.05, 0) is 41.6 Å². The van der Waals surface area contributed by atoms with Crippen LogP contribution < -0.4 is 11.1 Å². The molecule has 0 saturated heterocycles. The van der Waals surface area contributed by atoms with Crippen molar-refractivity contribution < 1.29 is 4.39 Å². The number of nitrogens with one attached hydrogen (secondary N) is 1. The summed E-state index contributed by atoms with van der Waals surface area (Å²) in [5.74, 6) is -0.275. The Labute approximate surface area is 106 Å². The van der Waals surface area contributed by atoms with Crippen LogP contribution in [0.1, 0.15) is 6.92 Å². The lowest BCUT2D eigenvalue weighted by molar-refractivity contribution is 0.629. The average Bonchev–Trinajstić information content (AvgIpc) is 2.22. The highest BCUT2D eigenvalue weighted by molar-refractivity contribution is 14.1. The molecule has 16 heavy (non-hydrogen) atoms. The minimum atomic E-state index is -0.275. The predicted molar refractivity (Wildman–Crippen MR) is 73.0 cm³/mol. The number of hydrogen-bond donors (Lipinski definition) is 2. The minimum absolute atomic E-state index is 0.275. The van der Waals surface area contributed by atoms with Crippen LogP contribution in [0.15, 0.2) is 18.3 Å². The molecule has 0 amide bonds. The van der Waals surface area contributed by atoms with Crippen LogP contribution in [0.25, 0.3) is 10.9 Å². The van der Waals surface area contributed by atoms with Gasteiger partial charge >= 0.3 is 0 Å². The summed E-state index contributed by atoms with van der Waals surface area (Å²) in [6.45, 7) is 2.70. The first kappa shape index (κ1) is 11.4. The molecule has 0 aliphatic heterocycles. The van der Waals surface area contributed by atoms with Gasteiger partial charge in [0.2, 0.25) is 0 Å². The van der Waals surface area contributed by atoms with Crippen molar-refractivity contribution in [3.63, 3.8) is 0 Å². The van der Waals surface area contributed by atoms with Gasteiger partial charge in [-0.2, -0.15) is 0 Å². The SMILES string of the molecule is CCNc1c(N)cnc2c(I)cc(F)cc12. The molecule has 0 aliphatic carbocycles. The zero-order valence-electron chi connectivity index (χ0n) is 8.72. The van der Waals surface area contributed by atoms with Gasteiger partial charge in [0.1, 0.15) is 5.82 Å². The molecule has 2 rings (SSSR count). The number of halogens is 2. The Hall–Kier alpha value is -1.11. The van der Waals surface area contributed by atoms with Gasteiger partial charge in [0, 0.05) is 15.5 Å². The Kier molecular flexibility index (Phi) is 3.13. The van der Waals surface area contributed by atoms with Gasteiger partial charge in [-0.3, -0.25) is 4.98 Å². The number of nitrogens with zero attached hydrogens (tertiary/aromatic N) is 1. The van der Waals surface area contributed by atoms with Crippen molar-refractivity contribution in [2.45, 2.75) is 6.92 Å². The molecule has 5 heteroatoms. The Morgan fingerprint density at radius 2 is 2.25 bits per heavy atom. The van der Waals surface area contributed by atoms with E-state index in [1.807, 2.05) is 6.92 Å². The summed E-state index contributed by atoms with van der Waals surface area (Å²) in [7, 11) is 0. The van der Waals surface area contributed by atoms with Crippen molar-refractivity contribution in [3.05, 3.63) is 27.7 Å². The smallest absolute Gasteiger partial charge is 0.125 e. The van der Waals surface area contributed by atoms with Crippen molar-refractivity contribution in [1.29, 1.82) is 0 Å². The minimum Gasteiger partial charge on any atom is -0.396 e. The van der Waals surface area contributed by atoms with E-state index in [0.29, 0.717) is 5.69 Å². The first-order chi connectivity index (χ1) is 7.63. The van der Waals surface area contributed by atoms with Crippen LogP contribution in [0, 0.1) is 9.39 Å². The molecule has 0 unspecified atom stereocenters. The summed E-state index contributed by atoms with van der Waals surface area (Å²) in [4.78, 5) is 4.23. The largest absolute Gasteiger partial charge is 0.396 e. The van der Waals surface area contributed by atoms with E-state index >= 15 is 0 Å². The highest BCUT2D eigenvalue weighted by Gasteiger charge is 2.10. The van der Waals surface area contributed by atoms with E-state index in [4.69, 9.17) is 5.73 Å². The van der Waals surface area contributed by atoms with E-state index in [1.54, 1.807) is 6.20 Å². The Bertz CT molecular complexity index is 542. The number of aromatic nitrogens is 1. The van der Waals surface area contributed by atoms with Crippen LogP contribution in [0.2, 0.25) is 0 Å². The zero-order valence-corrected chi connectivity index (χ0v) is 10.9. The van der Waals surface area contributed by atoms with Gasteiger partial charge in [-0.25, -0.2) is 4.39 Å². The second-order valence-corrected chi connectivity index (χ2v) is 4.56. The lowest BCUT2D eigenvalue weighted by atomic mass is 10.1. The number of fused-ring (bicyclic) bond motifs is 1. The van der Waals surface area contributed by atoms with Crippen LogP contribution in [-0.2, 0) is 0 Å². The second-order valence-electron chi connectivity index (χ2n) is 3.40. The van der Waals surface area contributed by atoms with E-state index in [2.05, 4.69) is 32.9 Å². The number of anilines is 2. The zero-order chi connectivity index (χ0) is 11.7. The van der Waals surface area contributed by atoms with Crippen LogP contribution in [0.4, 0.5) is 15.8 Å². The molecule has 1 aromatic heterocycles. The maximum absolute atomic E-state index is 13.3. The molecular weight excluding hydrogens is 320 g/mol. The maximum Gasteiger partial charge on any atom is 0.125 e. The third-order valence-electron chi connectivity index (χ3n) is 2.27. The van der Waals surface area contributed by atoms with Gasteiger partial charge in [0.15, 0.2) is 0 Å². The Morgan fingerprint density at radius 1 is 1.50 bits per heavy atom. The monoisotopic (exact) mass is 331 g/mol.